The van der Waals surface area contributed by atoms with Crippen LogP contribution in [0.4, 0.5) is 0 Å². The Kier molecular flexibility index (Phi) is 4.11. The van der Waals surface area contributed by atoms with Crippen LogP contribution < -0.4 is 10.0 Å². The summed E-state index contributed by atoms with van der Waals surface area (Å²) in [5, 5.41) is 3.13. The molecule has 1 heterocycles. The Labute approximate surface area is 92.4 Å². The highest BCUT2D eigenvalue weighted by Crippen LogP contribution is 2.11. The predicted octanol–water partition coefficient (Wildman–Crippen LogP) is -0.228. The molecule has 0 aromatic heterocycles. The summed E-state index contributed by atoms with van der Waals surface area (Å²) in [5.74, 6) is 0. The molecule has 15 heavy (non-hydrogen) atoms. The molecular formula is C9H21N3O2S. The topological polar surface area (TPSA) is 61.4 Å². The summed E-state index contributed by atoms with van der Waals surface area (Å²) < 4.78 is 27.8. The van der Waals surface area contributed by atoms with E-state index in [1.807, 2.05) is 20.8 Å². The Morgan fingerprint density at radius 3 is 2.27 bits per heavy atom. The molecule has 0 atom stereocenters. The molecule has 6 heteroatoms. The van der Waals surface area contributed by atoms with Crippen molar-refractivity contribution in [1.29, 1.82) is 0 Å². The van der Waals surface area contributed by atoms with E-state index in [1.54, 1.807) is 0 Å². The van der Waals surface area contributed by atoms with Gasteiger partial charge in [0.2, 0.25) is 0 Å². The van der Waals surface area contributed by atoms with Gasteiger partial charge < -0.3 is 5.32 Å². The van der Waals surface area contributed by atoms with Crippen molar-refractivity contribution in [2.45, 2.75) is 20.8 Å². The summed E-state index contributed by atoms with van der Waals surface area (Å²) in [6, 6.07) is 0. The first-order valence-corrected chi connectivity index (χ1v) is 6.71. The molecule has 90 valence electrons. The van der Waals surface area contributed by atoms with E-state index in [2.05, 4.69) is 10.0 Å². The first-order chi connectivity index (χ1) is 6.81. The van der Waals surface area contributed by atoms with Crippen LogP contribution in [0.1, 0.15) is 20.8 Å². The van der Waals surface area contributed by atoms with Crippen molar-refractivity contribution in [3.05, 3.63) is 0 Å². The molecular weight excluding hydrogens is 214 g/mol. The van der Waals surface area contributed by atoms with Crippen LogP contribution in [-0.2, 0) is 10.2 Å². The molecule has 0 amide bonds. The average Bonchev–Trinajstić information content (AvgIpc) is 2.16. The Morgan fingerprint density at radius 2 is 1.80 bits per heavy atom. The molecule has 1 aliphatic heterocycles. The van der Waals surface area contributed by atoms with E-state index in [0.717, 1.165) is 13.1 Å². The summed E-state index contributed by atoms with van der Waals surface area (Å²) in [6.07, 6.45) is 0. The van der Waals surface area contributed by atoms with E-state index in [1.165, 1.54) is 4.31 Å². The van der Waals surface area contributed by atoms with E-state index in [-0.39, 0.29) is 5.41 Å². The van der Waals surface area contributed by atoms with Gasteiger partial charge in [0.15, 0.2) is 0 Å². The lowest BCUT2D eigenvalue weighted by Crippen LogP contribution is -2.51. The smallest absolute Gasteiger partial charge is 0.279 e. The molecule has 1 rings (SSSR count). The van der Waals surface area contributed by atoms with Gasteiger partial charge in [-0.2, -0.15) is 12.7 Å². The SMILES string of the molecule is CC(C)(C)CNS(=O)(=O)N1CCNCC1. The standard InChI is InChI=1S/C9H21N3O2S/c1-9(2,3)8-11-15(13,14)12-6-4-10-5-7-12/h10-11H,4-8H2,1-3H3. The molecule has 0 saturated carbocycles. The maximum absolute atomic E-state index is 11.8. The highest BCUT2D eigenvalue weighted by atomic mass is 32.2. The first kappa shape index (κ1) is 12.9. The van der Waals surface area contributed by atoms with E-state index < -0.39 is 10.2 Å². The minimum atomic E-state index is -3.27. The van der Waals surface area contributed by atoms with Crippen LogP contribution in [0.3, 0.4) is 0 Å². The first-order valence-electron chi connectivity index (χ1n) is 5.27. The second-order valence-electron chi connectivity index (χ2n) is 5.04. The predicted molar refractivity (Wildman–Crippen MR) is 60.8 cm³/mol. The minimum Gasteiger partial charge on any atom is -0.314 e. The van der Waals surface area contributed by atoms with E-state index >= 15 is 0 Å². The van der Waals surface area contributed by atoms with Gasteiger partial charge in [-0.15, -0.1) is 0 Å². The van der Waals surface area contributed by atoms with Crippen molar-refractivity contribution in [1.82, 2.24) is 14.3 Å². The molecule has 0 bridgehead atoms. The quantitative estimate of drug-likeness (QED) is 0.710. The van der Waals surface area contributed by atoms with Crippen molar-refractivity contribution in [2.75, 3.05) is 32.7 Å². The maximum atomic E-state index is 11.8. The number of hydrogen-bond donors (Lipinski definition) is 2. The molecule has 0 radical (unpaired) electrons. The molecule has 1 saturated heterocycles. The normalized spacial score (nSPS) is 20.5. The van der Waals surface area contributed by atoms with Gasteiger partial charge in [-0.3, -0.25) is 0 Å². The summed E-state index contributed by atoms with van der Waals surface area (Å²) in [4.78, 5) is 0. The molecule has 2 N–H and O–H groups in total. The van der Waals surface area contributed by atoms with Gasteiger partial charge in [0, 0.05) is 32.7 Å². The summed E-state index contributed by atoms with van der Waals surface area (Å²) in [5.41, 5.74) is -0.0267. The zero-order valence-corrected chi connectivity index (χ0v) is 10.5. The van der Waals surface area contributed by atoms with Crippen LogP contribution in [0.15, 0.2) is 0 Å². The molecule has 0 aromatic carbocycles. The Morgan fingerprint density at radius 1 is 1.27 bits per heavy atom. The lowest BCUT2D eigenvalue weighted by atomic mass is 9.98. The average molecular weight is 235 g/mol. The van der Waals surface area contributed by atoms with Crippen LogP contribution in [0.25, 0.3) is 0 Å². The number of piperazine rings is 1. The molecule has 5 nitrogen and oxygen atoms in total. The van der Waals surface area contributed by atoms with E-state index in [9.17, 15) is 8.42 Å². The largest absolute Gasteiger partial charge is 0.314 e. The number of hydrogen-bond acceptors (Lipinski definition) is 3. The molecule has 0 unspecified atom stereocenters. The van der Waals surface area contributed by atoms with Gasteiger partial charge in [0.25, 0.3) is 10.2 Å². The van der Waals surface area contributed by atoms with Crippen molar-refractivity contribution in [2.24, 2.45) is 5.41 Å². The summed E-state index contributed by atoms with van der Waals surface area (Å²) >= 11 is 0. The molecule has 1 fully saturated rings. The van der Waals surface area contributed by atoms with Gasteiger partial charge in [0.1, 0.15) is 0 Å². The number of rotatable bonds is 3. The lowest BCUT2D eigenvalue weighted by molar-refractivity contribution is 0.344. The molecule has 0 spiro atoms. The third-order valence-electron chi connectivity index (χ3n) is 2.20. The Bertz CT molecular complexity index is 289. The van der Waals surface area contributed by atoms with Crippen molar-refractivity contribution in [3.8, 4) is 0 Å². The van der Waals surface area contributed by atoms with Gasteiger partial charge >= 0.3 is 0 Å². The van der Waals surface area contributed by atoms with Crippen LogP contribution in [0.5, 0.6) is 0 Å². The highest BCUT2D eigenvalue weighted by Gasteiger charge is 2.24. The lowest BCUT2D eigenvalue weighted by Gasteiger charge is -2.28. The molecule has 0 aromatic rings. The highest BCUT2D eigenvalue weighted by molar-refractivity contribution is 7.87. The van der Waals surface area contributed by atoms with Gasteiger partial charge in [-0.1, -0.05) is 20.8 Å². The van der Waals surface area contributed by atoms with Gasteiger partial charge in [-0.25, -0.2) is 4.72 Å². The third-order valence-corrected chi connectivity index (χ3v) is 3.75. The maximum Gasteiger partial charge on any atom is 0.279 e. The fraction of sp³-hybridized carbons (Fsp3) is 1.00. The Balaban J connectivity index is 2.51. The van der Waals surface area contributed by atoms with Gasteiger partial charge in [-0.05, 0) is 5.41 Å². The van der Waals surface area contributed by atoms with Gasteiger partial charge in [0.05, 0.1) is 0 Å². The summed E-state index contributed by atoms with van der Waals surface area (Å²) in [6.45, 7) is 9.07. The van der Waals surface area contributed by atoms with Crippen molar-refractivity contribution < 1.29 is 8.42 Å². The summed E-state index contributed by atoms with van der Waals surface area (Å²) in [7, 11) is -3.27. The minimum absolute atomic E-state index is 0.0267. The monoisotopic (exact) mass is 235 g/mol. The van der Waals surface area contributed by atoms with Crippen molar-refractivity contribution >= 4 is 10.2 Å². The van der Waals surface area contributed by atoms with Crippen LogP contribution in [0, 0.1) is 5.41 Å². The molecule has 1 aliphatic rings. The third kappa shape index (κ3) is 4.46. The van der Waals surface area contributed by atoms with Crippen molar-refractivity contribution in [3.63, 3.8) is 0 Å². The molecule has 0 aliphatic carbocycles. The fourth-order valence-electron chi connectivity index (χ4n) is 1.28. The van der Waals surface area contributed by atoms with Crippen LogP contribution in [-0.4, -0.2) is 45.4 Å². The zero-order chi connectivity index (χ0) is 11.5. The second kappa shape index (κ2) is 4.78. The van der Waals surface area contributed by atoms with E-state index in [4.69, 9.17) is 0 Å². The zero-order valence-electron chi connectivity index (χ0n) is 9.71. The van der Waals surface area contributed by atoms with Crippen LogP contribution in [0.2, 0.25) is 0 Å². The second-order valence-corrected chi connectivity index (χ2v) is 6.79. The van der Waals surface area contributed by atoms with E-state index in [0.29, 0.717) is 19.6 Å². The van der Waals surface area contributed by atoms with Crippen LogP contribution >= 0.6 is 0 Å². The Hall–Kier alpha value is -0.170. The fourth-order valence-corrected chi connectivity index (χ4v) is 2.74. The number of nitrogens with zero attached hydrogens (tertiary/aromatic N) is 1. The number of nitrogens with one attached hydrogen (secondary N) is 2.